The van der Waals surface area contributed by atoms with Crippen LogP contribution in [0.2, 0.25) is 0 Å². The molecule has 5 atom stereocenters. The predicted octanol–water partition coefficient (Wildman–Crippen LogP) is 1.75. The van der Waals surface area contributed by atoms with Gasteiger partial charge < -0.3 is 30.4 Å². The summed E-state index contributed by atoms with van der Waals surface area (Å²) < 4.78 is 5.45. The van der Waals surface area contributed by atoms with E-state index in [-0.39, 0.29) is 24.2 Å². The maximum Gasteiger partial charge on any atom is 0.317 e. The van der Waals surface area contributed by atoms with Crippen LogP contribution in [0.5, 0.6) is 5.75 Å². The maximum absolute atomic E-state index is 14.0. The van der Waals surface area contributed by atoms with Crippen LogP contribution in [0, 0.1) is 17.2 Å². The molecule has 1 aromatic heterocycles. The van der Waals surface area contributed by atoms with Crippen LogP contribution >= 0.6 is 0 Å². The van der Waals surface area contributed by atoms with Crippen molar-refractivity contribution in [2.45, 2.75) is 43.3 Å². The normalized spacial score (nSPS) is 21.2. The van der Waals surface area contributed by atoms with Crippen molar-refractivity contribution in [2.24, 2.45) is 5.92 Å². The lowest BCUT2D eigenvalue weighted by Crippen LogP contribution is -2.55. The molecule has 3 heterocycles. The number of amides is 3. The second kappa shape index (κ2) is 13.0. The quantitative estimate of drug-likeness (QED) is 0.226. The van der Waals surface area contributed by atoms with E-state index in [0.717, 1.165) is 16.5 Å². The fourth-order valence-corrected chi connectivity index (χ4v) is 6.06. The van der Waals surface area contributed by atoms with Crippen molar-refractivity contribution >= 4 is 34.6 Å². The van der Waals surface area contributed by atoms with Gasteiger partial charge in [-0.2, -0.15) is 5.26 Å². The number of carboxylic acid groups (broad SMARTS) is 1. The number of aliphatic carboxylic acids is 1. The second-order valence-corrected chi connectivity index (χ2v) is 10.9. The van der Waals surface area contributed by atoms with Gasteiger partial charge in [0.1, 0.15) is 23.5 Å². The number of hydrogen-bond acceptors (Lipinski definition) is 7. The first-order valence-electron chi connectivity index (χ1n) is 14.2. The number of nitrogens with zero attached hydrogens (tertiary/aromatic N) is 2. The second-order valence-electron chi connectivity index (χ2n) is 10.9. The molecular formula is C31H34N6O6. The van der Waals surface area contributed by atoms with E-state index in [9.17, 15) is 24.4 Å². The maximum atomic E-state index is 14.0. The molecule has 0 aliphatic carbocycles. The van der Waals surface area contributed by atoms with Crippen LogP contribution in [0.4, 0.5) is 0 Å². The summed E-state index contributed by atoms with van der Waals surface area (Å²) in [6, 6.07) is 16.1. The number of carboxylic acids is 1. The van der Waals surface area contributed by atoms with Crippen molar-refractivity contribution in [1.82, 2.24) is 25.8 Å². The molecule has 0 bridgehead atoms. The van der Waals surface area contributed by atoms with Crippen LogP contribution in [0.25, 0.3) is 10.9 Å². The highest BCUT2D eigenvalue weighted by Gasteiger charge is 2.42. The highest BCUT2D eigenvalue weighted by Crippen LogP contribution is 2.34. The van der Waals surface area contributed by atoms with E-state index in [1.54, 1.807) is 19.2 Å². The molecule has 0 saturated carbocycles. The molecule has 43 heavy (non-hydrogen) atoms. The molecule has 0 spiro atoms. The standard InChI is InChI=1S/C31H34N6O6/c1-43-27-9-5-8-22-21(27)14-24(35-22)31(42)37-17-20(18-6-3-2-4-7-18)13-26(37)30(41)36-23(12-19-10-11-33-29(19)40)25(15-32)34-16-28(38)39/h2-9,14,19-20,23,25-26,34-35H,10-13,16-17H2,1H3,(H,33,40)(H,36,41)(H,38,39)/t19-,20+,23-,25?,26-/m0/s1. The van der Waals surface area contributed by atoms with E-state index in [1.807, 2.05) is 48.5 Å². The number of benzene rings is 2. The Morgan fingerprint density at radius 2 is 1.98 bits per heavy atom. The molecule has 2 aliphatic heterocycles. The fraction of sp³-hybridized carbons (Fsp3) is 0.387. The van der Waals surface area contributed by atoms with Gasteiger partial charge in [-0.3, -0.25) is 24.5 Å². The van der Waals surface area contributed by atoms with Crippen LogP contribution < -0.4 is 20.7 Å². The summed E-state index contributed by atoms with van der Waals surface area (Å²) in [5, 5.41) is 28.1. The molecule has 0 radical (unpaired) electrons. The number of carbonyl (C=O) groups excluding carboxylic acids is 3. The minimum absolute atomic E-state index is 0.115. The highest BCUT2D eigenvalue weighted by atomic mass is 16.5. The number of carbonyl (C=O) groups is 4. The van der Waals surface area contributed by atoms with Gasteiger partial charge in [0.15, 0.2) is 0 Å². The molecular weight excluding hydrogens is 552 g/mol. The average molecular weight is 587 g/mol. The number of methoxy groups -OCH3 is 1. The summed E-state index contributed by atoms with van der Waals surface area (Å²) in [5.41, 5.74) is 2.02. The Hall–Kier alpha value is -4.89. The molecule has 1 unspecified atom stereocenters. The van der Waals surface area contributed by atoms with Gasteiger partial charge >= 0.3 is 5.97 Å². The largest absolute Gasteiger partial charge is 0.496 e. The number of ether oxygens (including phenoxy) is 1. The lowest BCUT2D eigenvalue weighted by atomic mass is 9.93. The number of fused-ring (bicyclic) bond motifs is 1. The minimum atomic E-state index is -1.16. The average Bonchev–Trinajstić information content (AvgIpc) is 3.75. The van der Waals surface area contributed by atoms with Crippen LogP contribution in [0.1, 0.15) is 41.2 Å². The number of H-pyrrole nitrogens is 1. The zero-order valence-electron chi connectivity index (χ0n) is 23.7. The Morgan fingerprint density at radius 3 is 2.65 bits per heavy atom. The Morgan fingerprint density at radius 1 is 1.19 bits per heavy atom. The van der Waals surface area contributed by atoms with Crippen LogP contribution in [-0.4, -0.2) is 83.6 Å². The van der Waals surface area contributed by atoms with E-state index in [4.69, 9.17) is 9.84 Å². The van der Waals surface area contributed by atoms with E-state index in [0.29, 0.717) is 37.4 Å². The zero-order chi connectivity index (χ0) is 30.5. The van der Waals surface area contributed by atoms with Crippen molar-refractivity contribution < 1.29 is 29.0 Å². The third-order valence-corrected chi connectivity index (χ3v) is 8.25. The molecule has 2 aliphatic rings. The Labute approximate surface area is 248 Å². The monoisotopic (exact) mass is 586 g/mol. The summed E-state index contributed by atoms with van der Waals surface area (Å²) in [6.45, 7) is 0.292. The Bertz CT molecular complexity index is 1550. The number of nitriles is 1. The van der Waals surface area contributed by atoms with E-state index < -0.39 is 42.5 Å². The number of aromatic amines is 1. The van der Waals surface area contributed by atoms with Gasteiger partial charge in [-0.05, 0) is 43.0 Å². The molecule has 5 rings (SSSR count). The summed E-state index contributed by atoms with van der Waals surface area (Å²) in [4.78, 5) is 56.2. The van der Waals surface area contributed by atoms with Crippen molar-refractivity contribution in [2.75, 3.05) is 26.7 Å². The summed E-state index contributed by atoms with van der Waals surface area (Å²) in [5.74, 6) is -2.10. The lowest BCUT2D eigenvalue weighted by Gasteiger charge is -2.29. The third kappa shape index (κ3) is 6.47. The van der Waals surface area contributed by atoms with E-state index in [1.165, 1.54) is 4.90 Å². The number of nitrogens with one attached hydrogen (secondary N) is 4. The van der Waals surface area contributed by atoms with E-state index in [2.05, 4.69) is 20.9 Å². The van der Waals surface area contributed by atoms with Crippen molar-refractivity contribution in [3.63, 3.8) is 0 Å². The topological polar surface area (TPSA) is 177 Å². The molecule has 2 fully saturated rings. The molecule has 3 aromatic rings. The molecule has 3 amide bonds. The van der Waals surface area contributed by atoms with Gasteiger partial charge in [0.2, 0.25) is 11.8 Å². The van der Waals surface area contributed by atoms with Gasteiger partial charge in [0.25, 0.3) is 5.91 Å². The smallest absolute Gasteiger partial charge is 0.317 e. The van der Waals surface area contributed by atoms with Gasteiger partial charge in [0.05, 0.1) is 25.8 Å². The summed E-state index contributed by atoms with van der Waals surface area (Å²) in [6.07, 6.45) is 1.03. The van der Waals surface area contributed by atoms with Gasteiger partial charge in [-0.25, -0.2) is 0 Å². The first kappa shape index (κ1) is 29.6. The van der Waals surface area contributed by atoms with Gasteiger partial charge in [0, 0.05) is 35.8 Å². The molecule has 2 saturated heterocycles. The van der Waals surface area contributed by atoms with Crippen LogP contribution in [0.3, 0.4) is 0 Å². The number of aromatic nitrogens is 1. The van der Waals surface area contributed by atoms with Crippen molar-refractivity contribution in [3.05, 3.63) is 65.9 Å². The van der Waals surface area contributed by atoms with Crippen LogP contribution in [0.15, 0.2) is 54.6 Å². The minimum Gasteiger partial charge on any atom is -0.496 e. The predicted molar refractivity (Wildman–Crippen MR) is 156 cm³/mol. The Balaban J connectivity index is 1.43. The number of likely N-dealkylation sites (tertiary alicyclic amines) is 1. The molecule has 12 nitrogen and oxygen atoms in total. The lowest BCUT2D eigenvalue weighted by molar-refractivity contribution is -0.136. The molecule has 5 N–H and O–H groups in total. The van der Waals surface area contributed by atoms with Crippen LogP contribution in [-0.2, 0) is 14.4 Å². The molecule has 12 heteroatoms. The van der Waals surface area contributed by atoms with Crippen molar-refractivity contribution in [1.29, 1.82) is 5.26 Å². The summed E-state index contributed by atoms with van der Waals surface area (Å²) >= 11 is 0. The van der Waals surface area contributed by atoms with Gasteiger partial charge in [-0.1, -0.05) is 36.4 Å². The zero-order valence-corrected chi connectivity index (χ0v) is 23.7. The fourth-order valence-electron chi connectivity index (χ4n) is 6.06. The number of hydrogen-bond donors (Lipinski definition) is 5. The Kier molecular flexibility index (Phi) is 8.92. The molecule has 2 aromatic carbocycles. The SMILES string of the molecule is COc1cccc2[nH]c(C(=O)N3C[C@H](c4ccccc4)C[C@H]3C(=O)N[C@@H](C[C@@H]3CCNC3=O)C(C#N)NCC(=O)O)cc12. The highest BCUT2D eigenvalue weighted by molar-refractivity contribution is 6.02. The number of rotatable bonds is 11. The first-order valence-corrected chi connectivity index (χ1v) is 14.2. The third-order valence-electron chi connectivity index (χ3n) is 8.25. The van der Waals surface area contributed by atoms with Gasteiger partial charge in [-0.15, -0.1) is 0 Å². The summed E-state index contributed by atoms with van der Waals surface area (Å²) in [7, 11) is 1.56. The van der Waals surface area contributed by atoms with E-state index >= 15 is 0 Å². The first-order chi connectivity index (χ1) is 20.8. The molecule has 224 valence electrons. The van der Waals surface area contributed by atoms with Crippen molar-refractivity contribution in [3.8, 4) is 11.8 Å².